The first kappa shape index (κ1) is 7.92. The van der Waals surface area contributed by atoms with Crippen molar-refractivity contribution in [2.75, 3.05) is 5.73 Å². The second kappa shape index (κ2) is 2.16. The molecule has 3 nitrogen and oxygen atoms in total. The van der Waals surface area contributed by atoms with Crippen molar-refractivity contribution in [1.82, 2.24) is 9.78 Å². The van der Waals surface area contributed by atoms with Crippen LogP contribution in [0.25, 0.3) is 0 Å². The highest BCUT2D eigenvalue weighted by Crippen LogP contribution is 2.40. The van der Waals surface area contributed by atoms with E-state index in [-0.39, 0.29) is 5.41 Å². The van der Waals surface area contributed by atoms with Gasteiger partial charge in [0.05, 0.1) is 5.69 Å². The van der Waals surface area contributed by atoms with E-state index >= 15 is 0 Å². The van der Waals surface area contributed by atoms with Gasteiger partial charge in [0.1, 0.15) is 5.02 Å². The molecule has 0 unspecified atom stereocenters. The molecule has 1 aliphatic heterocycles. The van der Waals surface area contributed by atoms with Gasteiger partial charge in [-0.15, -0.1) is 0 Å². The fourth-order valence-electron chi connectivity index (χ4n) is 1.77. The Morgan fingerprint density at radius 3 is 2.83 bits per heavy atom. The van der Waals surface area contributed by atoms with Crippen molar-refractivity contribution in [3.63, 3.8) is 0 Å². The second-order valence-electron chi connectivity index (χ2n) is 3.90. The van der Waals surface area contributed by atoms with Crippen LogP contribution >= 0.6 is 11.6 Å². The first-order valence-electron chi connectivity index (χ1n) is 4.04. The van der Waals surface area contributed by atoms with E-state index in [0.29, 0.717) is 10.8 Å². The van der Waals surface area contributed by atoms with Crippen LogP contribution in [0.5, 0.6) is 0 Å². The van der Waals surface area contributed by atoms with Crippen LogP contribution < -0.4 is 5.73 Å². The van der Waals surface area contributed by atoms with Gasteiger partial charge >= 0.3 is 0 Å². The standard InChI is InChI=1S/C8H12ClN3/c1-8(2)3-4-12-6(8)5(9)7(10)11-12/h3-4H2,1-2H3,(H2,10,11). The summed E-state index contributed by atoms with van der Waals surface area (Å²) in [6, 6.07) is 0. The van der Waals surface area contributed by atoms with Gasteiger partial charge in [-0.2, -0.15) is 5.10 Å². The van der Waals surface area contributed by atoms with Crippen LogP contribution in [0.1, 0.15) is 26.0 Å². The lowest BCUT2D eigenvalue weighted by Crippen LogP contribution is -2.12. The second-order valence-corrected chi connectivity index (χ2v) is 4.28. The van der Waals surface area contributed by atoms with Gasteiger partial charge < -0.3 is 5.73 Å². The van der Waals surface area contributed by atoms with Crippen LogP contribution in [0.15, 0.2) is 0 Å². The van der Waals surface area contributed by atoms with Crippen LogP contribution in [0.3, 0.4) is 0 Å². The van der Waals surface area contributed by atoms with Gasteiger partial charge in [0, 0.05) is 12.0 Å². The van der Waals surface area contributed by atoms with Gasteiger partial charge in [-0.05, 0) is 6.42 Å². The molecule has 1 aromatic rings. The monoisotopic (exact) mass is 185 g/mol. The summed E-state index contributed by atoms with van der Waals surface area (Å²) in [6.45, 7) is 5.26. The van der Waals surface area contributed by atoms with E-state index in [9.17, 15) is 0 Å². The van der Waals surface area contributed by atoms with Crippen molar-refractivity contribution in [3.05, 3.63) is 10.7 Å². The van der Waals surface area contributed by atoms with Crippen LogP contribution in [-0.4, -0.2) is 9.78 Å². The molecule has 66 valence electrons. The summed E-state index contributed by atoms with van der Waals surface area (Å²) in [6.07, 6.45) is 1.09. The Morgan fingerprint density at radius 1 is 1.58 bits per heavy atom. The van der Waals surface area contributed by atoms with Crippen molar-refractivity contribution < 1.29 is 0 Å². The number of hydrogen-bond donors (Lipinski definition) is 1. The summed E-state index contributed by atoms with van der Waals surface area (Å²) in [4.78, 5) is 0. The molecule has 2 rings (SSSR count). The Labute approximate surface area is 76.5 Å². The van der Waals surface area contributed by atoms with Crippen molar-refractivity contribution in [2.45, 2.75) is 32.2 Å². The minimum absolute atomic E-state index is 0.127. The first-order chi connectivity index (χ1) is 5.52. The Morgan fingerprint density at radius 2 is 2.25 bits per heavy atom. The van der Waals surface area contributed by atoms with E-state index in [1.165, 1.54) is 0 Å². The molecule has 0 saturated carbocycles. The van der Waals surface area contributed by atoms with Crippen LogP contribution in [0, 0.1) is 0 Å². The number of hydrogen-bond acceptors (Lipinski definition) is 2. The molecule has 0 aromatic carbocycles. The zero-order valence-electron chi connectivity index (χ0n) is 7.26. The van der Waals surface area contributed by atoms with E-state index in [0.717, 1.165) is 18.7 Å². The number of rotatable bonds is 0. The van der Waals surface area contributed by atoms with Gasteiger partial charge in [0.25, 0.3) is 0 Å². The zero-order valence-corrected chi connectivity index (χ0v) is 8.02. The largest absolute Gasteiger partial charge is 0.381 e. The summed E-state index contributed by atoms with van der Waals surface area (Å²) >= 11 is 6.03. The van der Waals surface area contributed by atoms with E-state index in [1.54, 1.807) is 0 Å². The topological polar surface area (TPSA) is 43.8 Å². The number of halogens is 1. The zero-order chi connectivity index (χ0) is 8.93. The van der Waals surface area contributed by atoms with Crippen LogP contribution in [0.2, 0.25) is 5.02 Å². The molecule has 0 bridgehead atoms. The normalized spacial score (nSPS) is 19.6. The minimum Gasteiger partial charge on any atom is -0.381 e. The third-order valence-electron chi connectivity index (χ3n) is 2.51. The molecule has 2 N–H and O–H groups in total. The SMILES string of the molecule is CC1(C)CCn2nc(N)c(Cl)c21. The summed E-state index contributed by atoms with van der Waals surface area (Å²) in [5.74, 6) is 0.458. The highest BCUT2D eigenvalue weighted by Gasteiger charge is 2.34. The summed E-state index contributed by atoms with van der Waals surface area (Å²) in [5.41, 5.74) is 6.82. The number of nitrogen functional groups attached to an aromatic ring is 1. The van der Waals surface area contributed by atoms with Crippen molar-refractivity contribution in [3.8, 4) is 0 Å². The molecule has 0 spiro atoms. The van der Waals surface area contributed by atoms with E-state index in [4.69, 9.17) is 17.3 Å². The maximum absolute atomic E-state index is 6.03. The molecular weight excluding hydrogens is 174 g/mol. The molecule has 0 aliphatic carbocycles. The molecule has 0 radical (unpaired) electrons. The number of anilines is 1. The van der Waals surface area contributed by atoms with Gasteiger partial charge in [0.15, 0.2) is 5.82 Å². The Bertz CT molecular complexity index is 327. The lowest BCUT2D eigenvalue weighted by Gasteiger charge is -2.15. The molecule has 1 aliphatic rings. The van der Waals surface area contributed by atoms with E-state index in [2.05, 4.69) is 18.9 Å². The molecular formula is C8H12ClN3. The summed E-state index contributed by atoms with van der Waals surface area (Å²) in [7, 11) is 0. The summed E-state index contributed by atoms with van der Waals surface area (Å²) in [5, 5.41) is 4.79. The van der Waals surface area contributed by atoms with Crippen LogP contribution in [0.4, 0.5) is 5.82 Å². The average molecular weight is 186 g/mol. The molecule has 0 amide bonds. The lowest BCUT2D eigenvalue weighted by atomic mass is 9.88. The maximum atomic E-state index is 6.03. The van der Waals surface area contributed by atoms with E-state index < -0.39 is 0 Å². The number of nitrogens with zero attached hydrogens (tertiary/aromatic N) is 2. The molecule has 12 heavy (non-hydrogen) atoms. The van der Waals surface area contributed by atoms with Gasteiger partial charge in [-0.3, -0.25) is 4.68 Å². The van der Waals surface area contributed by atoms with Crippen molar-refractivity contribution in [1.29, 1.82) is 0 Å². The van der Waals surface area contributed by atoms with Gasteiger partial charge in [0.2, 0.25) is 0 Å². The predicted octanol–water partition coefficient (Wildman–Crippen LogP) is 1.80. The number of fused-ring (bicyclic) bond motifs is 1. The molecule has 4 heteroatoms. The molecule has 1 aromatic heterocycles. The van der Waals surface area contributed by atoms with Crippen LogP contribution in [-0.2, 0) is 12.0 Å². The third-order valence-corrected chi connectivity index (χ3v) is 2.88. The summed E-state index contributed by atoms with van der Waals surface area (Å²) < 4.78 is 1.91. The Balaban J connectivity index is 2.63. The average Bonchev–Trinajstić information content (AvgIpc) is 2.39. The van der Waals surface area contributed by atoms with Gasteiger partial charge in [-0.1, -0.05) is 25.4 Å². The quantitative estimate of drug-likeness (QED) is 0.670. The minimum atomic E-state index is 0.127. The Hall–Kier alpha value is -0.700. The first-order valence-corrected chi connectivity index (χ1v) is 4.42. The van der Waals surface area contributed by atoms with Gasteiger partial charge in [-0.25, -0.2) is 0 Å². The fourth-order valence-corrected chi connectivity index (χ4v) is 2.16. The van der Waals surface area contributed by atoms with Crippen molar-refractivity contribution in [2.24, 2.45) is 0 Å². The number of nitrogens with two attached hydrogens (primary N) is 1. The number of aryl methyl sites for hydroxylation is 1. The smallest absolute Gasteiger partial charge is 0.164 e. The predicted molar refractivity (Wildman–Crippen MR) is 49.3 cm³/mol. The highest BCUT2D eigenvalue weighted by atomic mass is 35.5. The third kappa shape index (κ3) is 0.860. The molecule has 0 saturated heterocycles. The number of aromatic nitrogens is 2. The van der Waals surface area contributed by atoms with Crippen molar-refractivity contribution >= 4 is 17.4 Å². The Kier molecular flexibility index (Phi) is 1.43. The van der Waals surface area contributed by atoms with E-state index in [1.807, 2.05) is 4.68 Å². The molecule has 0 atom stereocenters. The molecule has 0 fully saturated rings. The molecule has 2 heterocycles. The fraction of sp³-hybridized carbons (Fsp3) is 0.625. The lowest BCUT2D eigenvalue weighted by molar-refractivity contribution is 0.518. The highest BCUT2D eigenvalue weighted by molar-refractivity contribution is 6.33. The maximum Gasteiger partial charge on any atom is 0.164 e.